The van der Waals surface area contributed by atoms with Crippen molar-refractivity contribution in [2.45, 2.75) is 0 Å². The maximum Gasteiger partial charge on any atom is 0.270 e. The number of methoxy groups -OCH3 is 3. The van der Waals surface area contributed by atoms with E-state index in [1.807, 2.05) is 0 Å². The zero-order chi connectivity index (χ0) is 20.0. The van der Waals surface area contributed by atoms with Crippen molar-refractivity contribution in [3.8, 4) is 17.2 Å². The van der Waals surface area contributed by atoms with Crippen molar-refractivity contribution in [3.05, 3.63) is 56.6 Å². The maximum absolute atomic E-state index is 12.1. The molecule has 9 heteroatoms. The second-order valence-electron chi connectivity index (χ2n) is 5.20. The van der Waals surface area contributed by atoms with Gasteiger partial charge in [0.1, 0.15) is 0 Å². The van der Waals surface area contributed by atoms with Gasteiger partial charge in [0, 0.05) is 22.7 Å². The number of benzene rings is 2. The number of anilines is 1. The molecular weight excluding hydrogens is 420 g/mol. The lowest BCUT2D eigenvalue weighted by Crippen LogP contribution is -2.08. The Hall–Kier alpha value is -3.07. The van der Waals surface area contributed by atoms with Crippen LogP contribution >= 0.6 is 15.9 Å². The van der Waals surface area contributed by atoms with Crippen LogP contribution in [0.5, 0.6) is 17.2 Å². The summed E-state index contributed by atoms with van der Waals surface area (Å²) in [6.07, 6.45) is 2.91. The molecule has 0 atom stereocenters. The van der Waals surface area contributed by atoms with Crippen LogP contribution in [0, 0.1) is 10.1 Å². The monoisotopic (exact) mass is 436 g/mol. The summed E-state index contributed by atoms with van der Waals surface area (Å²) in [5, 5.41) is 13.4. The van der Waals surface area contributed by atoms with Crippen molar-refractivity contribution in [2.75, 3.05) is 26.6 Å². The van der Waals surface area contributed by atoms with Gasteiger partial charge in [-0.05, 0) is 45.8 Å². The van der Waals surface area contributed by atoms with Gasteiger partial charge in [0.25, 0.3) is 5.69 Å². The number of hydrogen-bond acceptors (Lipinski definition) is 6. The highest BCUT2D eigenvalue weighted by Gasteiger charge is 2.13. The number of non-ortho nitro benzene ring substituents is 1. The Bertz CT molecular complexity index is 872. The second-order valence-corrected chi connectivity index (χ2v) is 6.06. The first-order valence-corrected chi connectivity index (χ1v) is 8.42. The Labute approximate surface area is 164 Å². The van der Waals surface area contributed by atoms with Crippen LogP contribution in [0.3, 0.4) is 0 Å². The van der Waals surface area contributed by atoms with E-state index < -0.39 is 10.8 Å². The van der Waals surface area contributed by atoms with E-state index in [1.165, 1.54) is 45.6 Å². The van der Waals surface area contributed by atoms with E-state index in [4.69, 9.17) is 14.2 Å². The molecule has 0 fully saturated rings. The van der Waals surface area contributed by atoms with Gasteiger partial charge in [0.05, 0.1) is 31.9 Å². The van der Waals surface area contributed by atoms with Crippen LogP contribution in [0.1, 0.15) is 5.56 Å². The normalized spacial score (nSPS) is 10.5. The Morgan fingerprint density at radius 2 is 1.74 bits per heavy atom. The lowest BCUT2D eigenvalue weighted by molar-refractivity contribution is -0.384. The van der Waals surface area contributed by atoms with Crippen LogP contribution in [0.15, 0.2) is 40.9 Å². The molecule has 0 aliphatic rings. The minimum atomic E-state index is -0.513. The SMILES string of the molecule is COc1cc(/C=C/C(=O)Nc2ccc([N+](=O)[O-])cc2Br)cc(OC)c1OC. The summed E-state index contributed by atoms with van der Waals surface area (Å²) in [4.78, 5) is 22.4. The number of amides is 1. The van der Waals surface area contributed by atoms with Crippen molar-refractivity contribution < 1.29 is 23.9 Å². The molecule has 0 aromatic heterocycles. The highest BCUT2D eigenvalue weighted by atomic mass is 79.9. The van der Waals surface area contributed by atoms with Crippen LogP contribution < -0.4 is 19.5 Å². The summed E-state index contributed by atoms with van der Waals surface area (Å²) >= 11 is 3.20. The third-order valence-corrected chi connectivity index (χ3v) is 4.19. The number of rotatable bonds is 7. The summed E-state index contributed by atoms with van der Waals surface area (Å²) in [5.41, 5.74) is 1.01. The van der Waals surface area contributed by atoms with Gasteiger partial charge in [-0.15, -0.1) is 0 Å². The summed E-state index contributed by atoms with van der Waals surface area (Å²) in [6.45, 7) is 0. The van der Waals surface area contributed by atoms with E-state index in [-0.39, 0.29) is 5.69 Å². The Morgan fingerprint density at radius 1 is 1.11 bits per heavy atom. The molecular formula is C18H17BrN2O6. The van der Waals surface area contributed by atoms with Gasteiger partial charge in [-0.1, -0.05) is 0 Å². The molecule has 2 aromatic rings. The van der Waals surface area contributed by atoms with E-state index >= 15 is 0 Å². The smallest absolute Gasteiger partial charge is 0.270 e. The molecule has 0 unspecified atom stereocenters. The minimum Gasteiger partial charge on any atom is -0.493 e. The molecule has 0 bridgehead atoms. The summed E-state index contributed by atoms with van der Waals surface area (Å²) in [7, 11) is 4.51. The molecule has 0 aliphatic heterocycles. The fourth-order valence-electron chi connectivity index (χ4n) is 2.26. The average Bonchev–Trinajstić information content (AvgIpc) is 2.66. The number of halogens is 1. The molecule has 0 saturated carbocycles. The lowest BCUT2D eigenvalue weighted by atomic mass is 10.1. The number of carbonyl (C=O) groups excluding carboxylic acids is 1. The van der Waals surface area contributed by atoms with Gasteiger partial charge < -0.3 is 19.5 Å². The zero-order valence-electron chi connectivity index (χ0n) is 14.8. The molecule has 27 heavy (non-hydrogen) atoms. The molecule has 142 valence electrons. The van der Waals surface area contributed by atoms with Crippen molar-refractivity contribution >= 4 is 39.3 Å². The van der Waals surface area contributed by atoms with E-state index in [9.17, 15) is 14.9 Å². The largest absolute Gasteiger partial charge is 0.493 e. The van der Waals surface area contributed by atoms with Gasteiger partial charge in [0.2, 0.25) is 11.7 Å². The van der Waals surface area contributed by atoms with Gasteiger partial charge in [0.15, 0.2) is 11.5 Å². The fourth-order valence-corrected chi connectivity index (χ4v) is 2.73. The van der Waals surface area contributed by atoms with Gasteiger partial charge in [-0.3, -0.25) is 14.9 Å². The number of nitrogens with zero attached hydrogens (tertiary/aromatic N) is 1. The lowest BCUT2D eigenvalue weighted by Gasteiger charge is -2.12. The van der Waals surface area contributed by atoms with Crippen LogP contribution in [0.2, 0.25) is 0 Å². The van der Waals surface area contributed by atoms with Crippen molar-refractivity contribution in [2.24, 2.45) is 0 Å². The second kappa shape index (κ2) is 9.04. The van der Waals surface area contributed by atoms with Crippen molar-refractivity contribution in [1.82, 2.24) is 0 Å². The van der Waals surface area contributed by atoms with Gasteiger partial charge >= 0.3 is 0 Å². The van der Waals surface area contributed by atoms with E-state index in [0.29, 0.717) is 33.0 Å². The number of carbonyl (C=O) groups is 1. The Morgan fingerprint density at radius 3 is 2.22 bits per heavy atom. The standard InChI is InChI=1S/C18H17BrN2O6/c1-25-15-8-11(9-16(26-2)18(15)27-3)4-7-17(22)20-14-6-5-12(21(23)24)10-13(14)19/h4-10H,1-3H3,(H,20,22)/b7-4+. The zero-order valence-corrected chi connectivity index (χ0v) is 16.4. The van der Waals surface area contributed by atoms with Crippen LogP contribution in [0.4, 0.5) is 11.4 Å². The maximum atomic E-state index is 12.1. The highest BCUT2D eigenvalue weighted by Crippen LogP contribution is 2.38. The van der Waals surface area contributed by atoms with Crippen LogP contribution in [0.25, 0.3) is 6.08 Å². The third kappa shape index (κ3) is 4.98. The van der Waals surface area contributed by atoms with Gasteiger partial charge in [-0.2, -0.15) is 0 Å². The first kappa shape index (κ1) is 20.2. The molecule has 2 rings (SSSR count). The summed E-state index contributed by atoms with van der Waals surface area (Å²) in [5.74, 6) is 0.986. The van der Waals surface area contributed by atoms with Crippen LogP contribution in [-0.4, -0.2) is 32.2 Å². The molecule has 0 aliphatic carbocycles. The minimum absolute atomic E-state index is 0.0761. The predicted octanol–water partition coefficient (Wildman–Crippen LogP) is 4.04. The Balaban J connectivity index is 2.18. The molecule has 0 radical (unpaired) electrons. The predicted molar refractivity (Wildman–Crippen MR) is 105 cm³/mol. The Kier molecular flexibility index (Phi) is 6.78. The molecule has 1 amide bonds. The number of nitro benzene ring substituents is 1. The third-order valence-electron chi connectivity index (χ3n) is 3.54. The van der Waals surface area contributed by atoms with E-state index in [1.54, 1.807) is 18.2 Å². The molecule has 2 aromatic carbocycles. The fraction of sp³-hybridized carbons (Fsp3) is 0.167. The summed E-state index contributed by atoms with van der Waals surface area (Å²) in [6, 6.07) is 7.48. The van der Waals surface area contributed by atoms with Gasteiger partial charge in [-0.25, -0.2) is 0 Å². The van der Waals surface area contributed by atoms with Crippen molar-refractivity contribution in [3.63, 3.8) is 0 Å². The molecule has 0 spiro atoms. The first-order chi connectivity index (χ1) is 12.9. The molecule has 1 N–H and O–H groups in total. The highest BCUT2D eigenvalue weighted by molar-refractivity contribution is 9.10. The van der Waals surface area contributed by atoms with Crippen molar-refractivity contribution in [1.29, 1.82) is 0 Å². The first-order valence-electron chi connectivity index (χ1n) is 7.62. The van der Waals surface area contributed by atoms with E-state index in [2.05, 4.69) is 21.2 Å². The molecule has 0 saturated heterocycles. The quantitative estimate of drug-likeness (QED) is 0.399. The van der Waals surface area contributed by atoms with E-state index in [0.717, 1.165) is 0 Å². The molecule has 0 heterocycles. The number of hydrogen-bond donors (Lipinski definition) is 1. The topological polar surface area (TPSA) is 99.9 Å². The van der Waals surface area contributed by atoms with Crippen LogP contribution in [-0.2, 0) is 4.79 Å². The number of ether oxygens (including phenoxy) is 3. The number of nitro groups is 1. The number of nitrogens with one attached hydrogen (secondary N) is 1. The average molecular weight is 437 g/mol. The molecule has 8 nitrogen and oxygen atoms in total. The summed E-state index contributed by atoms with van der Waals surface area (Å²) < 4.78 is 16.2.